The van der Waals surface area contributed by atoms with E-state index < -0.39 is 35.5 Å². The number of likely N-dealkylation sites (tertiary alicyclic amines) is 1. The van der Waals surface area contributed by atoms with E-state index in [4.69, 9.17) is 5.11 Å². The van der Waals surface area contributed by atoms with Crippen molar-refractivity contribution in [2.24, 2.45) is 5.92 Å². The smallest absolute Gasteiger partial charge is 0.419 e. The number of carboxylic acid groups (broad SMARTS) is 1. The van der Waals surface area contributed by atoms with Gasteiger partial charge in [0.2, 0.25) is 0 Å². The first-order valence-electron chi connectivity index (χ1n) is 6.68. The summed E-state index contributed by atoms with van der Waals surface area (Å²) in [5, 5.41) is 18.6. The lowest BCUT2D eigenvalue weighted by atomic mass is 9.94. The van der Waals surface area contributed by atoms with Crippen LogP contribution in [0.25, 0.3) is 0 Å². The van der Waals surface area contributed by atoms with Crippen LogP contribution < -0.4 is 0 Å². The van der Waals surface area contributed by atoms with E-state index in [1.165, 1.54) is 11.0 Å². The molecule has 2 N–H and O–H groups in total. The lowest BCUT2D eigenvalue weighted by Crippen LogP contribution is -2.46. The van der Waals surface area contributed by atoms with Crippen LogP contribution in [0.2, 0.25) is 0 Å². The molecule has 1 aromatic carbocycles. The molecule has 0 saturated carbocycles. The number of piperidine rings is 1. The molecule has 0 bridgehead atoms. The van der Waals surface area contributed by atoms with Crippen molar-refractivity contribution in [2.45, 2.75) is 25.2 Å². The molecule has 0 aromatic heterocycles. The number of alkyl halides is 3. The molecule has 1 aliphatic heterocycles. The fraction of sp³-hybridized carbons (Fsp3) is 0.500. The third-order valence-electron chi connectivity index (χ3n) is 3.76. The van der Waals surface area contributed by atoms with Gasteiger partial charge < -0.3 is 10.2 Å². The third kappa shape index (κ3) is 3.56. The van der Waals surface area contributed by atoms with E-state index in [9.17, 15) is 27.5 Å². The van der Waals surface area contributed by atoms with Gasteiger partial charge in [-0.2, -0.15) is 13.2 Å². The van der Waals surface area contributed by atoms with Crippen LogP contribution in [0.3, 0.4) is 0 Å². The fourth-order valence-electron chi connectivity index (χ4n) is 2.56. The Bertz CT molecular complexity index is 562. The summed E-state index contributed by atoms with van der Waals surface area (Å²) in [5.41, 5.74) is -1.48. The highest BCUT2D eigenvalue weighted by atomic mass is 19.4. The number of hydrogen-bond donors (Lipinski definition) is 2. The zero-order valence-corrected chi connectivity index (χ0v) is 11.5. The van der Waals surface area contributed by atoms with Gasteiger partial charge in [0.25, 0.3) is 0 Å². The Kier molecular flexibility index (Phi) is 4.72. The van der Waals surface area contributed by atoms with Crippen LogP contribution in [0.1, 0.15) is 17.5 Å². The van der Waals surface area contributed by atoms with E-state index in [2.05, 4.69) is 0 Å². The molecule has 1 heterocycles. The quantitative estimate of drug-likeness (QED) is 0.837. The second-order valence-electron chi connectivity index (χ2n) is 5.31. The Hall–Kier alpha value is -1.67. The maximum Gasteiger partial charge on any atom is 0.419 e. The molecule has 22 heavy (non-hydrogen) atoms. The van der Waals surface area contributed by atoms with Crippen LogP contribution >= 0.6 is 0 Å². The summed E-state index contributed by atoms with van der Waals surface area (Å²) in [6, 6.07) is 3.03. The van der Waals surface area contributed by atoms with E-state index in [1.54, 1.807) is 0 Å². The topological polar surface area (TPSA) is 60.8 Å². The molecule has 8 heteroatoms. The van der Waals surface area contributed by atoms with E-state index in [0.29, 0.717) is 12.6 Å². The number of hydrogen-bond acceptors (Lipinski definition) is 3. The predicted molar refractivity (Wildman–Crippen MR) is 68.4 cm³/mol. The second kappa shape index (κ2) is 6.21. The van der Waals surface area contributed by atoms with E-state index in [0.717, 1.165) is 6.07 Å². The van der Waals surface area contributed by atoms with Gasteiger partial charge in [0.15, 0.2) is 0 Å². The van der Waals surface area contributed by atoms with E-state index >= 15 is 0 Å². The molecule has 0 amide bonds. The minimum absolute atomic E-state index is 0.0355. The zero-order valence-electron chi connectivity index (χ0n) is 11.5. The van der Waals surface area contributed by atoms with E-state index in [1.807, 2.05) is 0 Å². The number of benzene rings is 1. The van der Waals surface area contributed by atoms with Crippen LogP contribution in [0.5, 0.6) is 0 Å². The molecular weight excluding hydrogens is 306 g/mol. The van der Waals surface area contributed by atoms with Gasteiger partial charge in [-0.25, -0.2) is 4.39 Å². The van der Waals surface area contributed by atoms with Crippen LogP contribution in [0.15, 0.2) is 18.2 Å². The van der Waals surface area contributed by atoms with Crippen molar-refractivity contribution in [3.63, 3.8) is 0 Å². The number of aliphatic hydroxyl groups is 1. The van der Waals surface area contributed by atoms with E-state index in [-0.39, 0.29) is 25.1 Å². The zero-order chi connectivity index (χ0) is 16.5. The molecule has 1 aromatic rings. The van der Waals surface area contributed by atoms with Gasteiger partial charge in [0.1, 0.15) is 5.82 Å². The standard InChI is InChI=1S/C14H15F4NO3/c15-12-8(2-1-3-10(12)14(16,17)18)6-19-5-4-11(20)9(7-19)13(21)22/h1-3,9,11,20H,4-7H2,(H,21,22)/t9-,11+/m0/s1. The maximum atomic E-state index is 13.9. The molecule has 2 atom stereocenters. The molecule has 122 valence electrons. The van der Waals surface area contributed by atoms with Gasteiger partial charge in [0, 0.05) is 25.2 Å². The first-order valence-corrected chi connectivity index (χ1v) is 6.68. The molecule has 0 unspecified atom stereocenters. The summed E-state index contributed by atoms with van der Waals surface area (Å²) in [6.45, 7) is 0.124. The van der Waals surface area contributed by atoms with Gasteiger partial charge in [-0.15, -0.1) is 0 Å². The van der Waals surface area contributed by atoms with Crippen molar-refractivity contribution in [2.75, 3.05) is 13.1 Å². The van der Waals surface area contributed by atoms with Crippen molar-refractivity contribution in [3.8, 4) is 0 Å². The van der Waals surface area contributed by atoms with Crippen molar-refractivity contribution in [1.82, 2.24) is 4.90 Å². The summed E-state index contributed by atoms with van der Waals surface area (Å²) in [7, 11) is 0. The molecule has 4 nitrogen and oxygen atoms in total. The average Bonchev–Trinajstić information content (AvgIpc) is 2.41. The van der Waals surface area contributed by atoms with Gasteiger partial charge in [-0.1, -0.05) is 12.1 Å². The number of aliphatic carboxylic acids is 1. The summed E-state index contributed by atoms with van der Waals surface area (Å²) in [6.07, 6.45) is -5.60. The summed E-state index contributed by atoms with van der Waals surface area (Å²) in [5.74, 6) is -3.54. The Morgan fingerprint density at radius 3 is 2.64 bits per heavy atom. The number of rotatable bonds is 3. The number of aliphatic hydroxyl groups excluding tert-OH is 1. The Labute approximate surface area is 124 Å². The number of halogens is 4. The van der Waals surface area contributed by atoms with Crippen LogP contribution in [-0.4, -0.2) is 40.3 Å². The van der Waals surface area contributed by atoms with Crippen molar-refractivity contribution in [1.29, 1.82) is 0 Å². The minimum atomic E-state index is -4.78. The average molecular weight is 321 g/mol. The highest BCUT2D eigenvalue weighted by molar-refractivity contribution is 5.71. The van der Waals surface area contributed by atoms with Crippen molar-refractivity contribution >= 4 is 5.97 Å². The molecule has 1 aliphatic rings. The molecule has 2 rings (SSSR count). The van der Waals surface area contributed by atoms with Gasteiger partial charge in [-0.05, 0) is 12.5 Å². The first kappa shape index (κ1) is 16.7. The maximum absolute atomic E-state index is 13.9. The summed E-state index contributed by atoms with van der Waals surface area (Å²) >= 11 is 0. The Balaban J connectivity index is 2.16. The highest BCUT2D eigenvalue weighted by Crippen LogP contribution is 2.33. The molecular formula is C14H15F4NO3. The first-order chi connectivity index (χ1) is 10.2. The Morgan fingerprint density at radius 2 is 2.05 bits per heavy atom. The second-order valence-corrected chi connectivity index (χ2v) is 5.31. The molecule has 0 radical (unpaired) electrons. The van der Waals surface area contributed by atoms with Crippen LogP contribution in [0.4, 0.5) is 17.6 Å². The third-order valence-corrected chi connectivity index (χ3v) is 3.76. The lowest BCUT2D eigenvalue weighted by molar-refractivity contribution is -0.149. The number of nitrogens with zero attached hydrogens (tertiary/aromatic N) is 1. The summed E-state index contributed by atoms with van der Waals surface area (Å²) < 4.78 is 51.9. The fourth-order valence-corrected chi connectivity index (χ4v) is 2.56. The molecule has 0 spiro atoms. The van der Waals surface area contributed by atoms with Crippen LogP contribution in [0, 0.1) is 11.7 Å². The van der Waals surface area contributed by atoms with Gasteiger partial charge in [-0.3, -0.25) is 9.69 Å². The largest absolute Gasteiger partial charge is 0.481 e. The molecule has 1 fully saturated rings. The minimum Gasteiger partial charge on any atom is -0.481 e. The highest BCUT2D eigenvalue weighted by Gasteiger charge is 2.36. The molecule has 1 saturated heterocycles. The Morgan fingerprint density at radius 1 is 1.36 bits per heavy atom. The monoisotopic (exact) mass is 321 g/mol. The van der Waals surface area contributed by atoms with Crippen molar-refractivity contribution in [3.05, 3.63) is 35.1 Å². The van der Waals surface area contributed by atoms with Gasteiger partial charge >= 0.3 is 12.1 Å². The van der Waals surface area contributed by atoms with Gasteiger partial charge in [0.05, 0.1) is 17.6 Å². The SMILES string of the molecule is O=C(O)[C@H]1CN(Cc2cccc(C(F)(F)F)c2F)CC[C@H]1O. The summed E-state index contributed by atoms with van der Waals surface area (Å²) in [4.78, 5) is 12.5. The van der Waals surface area contributed by atoms with Crippen molar-refractivity contribution < 1.29 is 32.6 Å². The number of carbonyl (C=O) groups is 1. The predicted octanol–water partition coefficient (Wildman–Crippen LogP) is 2.11. The normalized spacial score (nSPS) is 23.5. The molecule has 0 aliphatic carbocycles. The van der Waals surface area contributed by atoms with Crippen LogP contribution in [-0.2, 0) is 17.5 Å². The lowest BCUT2D eigenvalue weighted by Gasteiger charge is -2.34. The number of carboxylic acids is 1.